The first kappa shape index (κ1) is 12.0. The Morgan fingerprint density at radius 1 is 1.17 bits per heavy atom. The molecule has 1 aromatic rings. The quantitative estimate of drug-likeness (QED) is 0.889. The molecule has 0 amide bonds. The summed E-state index contributed by atoms with van der Waals surface area (Å²) in [6.45, 7) is 2.46. The van der Waals surface area contributed by atoms with Gasteiger partial charge in [0.15, 0.2) is 0 Å². The van der Waals surface area contributed by atoms with Gasteiger partial charge in [-0.05, 0) is 42.9 Å². The zero-order chi connectivity index (χ0) is 12.4. The summed E-state index contributed by atoms with van der Waals surface area (Å²) in [5, 5.41) is 0. The fraction of sp³-hybridized carbons (Fsp3) is 0.600. The predicted molar refractivity (Wildman–Crippen MR) is 70.9 cm³/mol. The van der Waals surface area contributed by atoms with Gasteiger partial charge in [-0.25, -0.2) is 0 Å². The lowest BCUT2D eigenvalue weighted by Crippen LogP contribution is -2.45. The largest absolute Gasteiger partial charge is 0.493 e. The van der Waals surface area contributed by atoms with Crippen LogP contribution in [0.2, 0.25) is 0 Å². The Hall–Kier alpha value is -1.06. The van der Waals surface area contributed by atoms with E-state index in [2.05, 4.69) is 18.2 Å². The van der Waals surface area contributed by atoms with Crippen LogP contribution in [-0.4, -0.2) is 25.4 Å². The number of nitrogens with two attached hydrogens (primary N) is 1. The zero-order valence-corrected chi connectivity index (χ0v) is 10.8. The van der Waals surface area contributed by atoms with Gasteiger partial charge in [0, 0.05) is 25.2 Å². The van der Waals surface area contributed by atoms with Gasteiger partial charge >= 0.3 is 0 Å². The molecule has 0 saturated carbocycles. The number of benzene rings is 1. The minimum atomic E-state index is -0.0201. The monoisotopic (exact) mass is 247 g/mol. The second-order valence-electron chi connectivity index (χ2n) is 5.52. The van der Waals surface area contributed by atoms with Crippen LogP contribution in [0.25, 0.3) is 0 Å². The van der Waals surface area contributed by atoms with Crippen molar-refractivity contribution in [2.45, 2.75) is 37.6 Å². The van der Waals surface area contributed by atoms with Gasteiger partial charge in [0.25, 0.3) is 0 Å². The van der Waals surface area contributed by atoms with Gasteiger partial charge in [0.05, 0.1) is 6.61 Å². The molecule has 98 valence electrons. The Labute approximate surface area is 108 Å². The molecule has 3 rings (SSSR count). The van der Waals surface area contributed by atoms with E-state index in [9.17, 15) is 0 Å². The normalized spacial score (nSPS) is 21.4. The van der Waals surface area contributed by atoms with Crippen LogP contribution in [-0.2, 0) is 17.6 Å². The van der Waals surface area contributed by atoms with E-state index in [0.717, 1.165) is 57.7 Å². The van der Waals surface area contributed by atoms with Crippen LogP contribution in [0.15, 0.2) is 18.2 Å². The molecular formula is C15H21NO2. The summed E-state index contributed by atoms with van der Waals surface area (Å²) in [6.07, 6.45) is 5.13. The fourth-order valence-electron chi connectivity index (χ4n) is 2.82. The molecule has 1 fully saturated rings. The lowest BCUT2D eigenvalue weighted by atomic mass is 9.85. The second-order valence-corrected chi connectivity index (χ2v) is 5.52. The molecule has 0 atom stereocenters. The third-order valence-electron chi connectivity index (χ3n) is 4.15. The predicted octanol–water partition coefficient (Wildman–Crippen LogP) is 2.06. The summed E-state index contributed by atoms with van der Waals surface area (Å²) >= 11 is 0. The third-order valence-corrected chi connectivity index (χ3v) is 4.15. The van der Waals surface area contributed by atoms with Gasteiger partial charge in [0.2, 0.25) is 0 Å². The molecule has 0 unspecified atom stereocenters. The minimum Gasteiger partial charge on any atom is -0.493 e. The summed E-state index contributed by atoms with van der Waals surface area (Å²) in [4.78, 5) is 0. The van der Waals surface area contributed by atoms with Crippen LogP contribution >= 0.6 is 0 Å². The summed E-state index contributed by atoms with van der Waals surface area (Å²) in [7, 11) is 0. The van der Waals surface area contributed by atoms with Crippen molar-refractivity contribution in [3.05, 3.63) is 29.3 Å². The van der Waals surface area contributed by atoms with Gasteiger partial charge in [-0.15, -0.1) is 0 Å². The Morgan fingerprint density at radius 2 is 2.00 bits per heavy atom. The zero-order valence-electron chi connectivity index (χ0n) is 10.8. The molecule has 0 bridgehead atoms. The summed E-state index contributed by atoms with van der Waals surface area (Å²) in [5.41, 5.74) is 9.13. The first-order chi connectivity index (χ1) is 8.75. The average Bonchev–Trinajstić information content (AvgIpc) is 2.85. The van der Waals surface area contributed by atoms with Gasteiger partial charge in [-0.2, -0.15) is 0 Å². The lowest BCUT2D eigenvalue weighted by Gasteiger charge is -2.33. The molecule has 0 aromatic heterocycles. The van der Waals surface area contributed by atoms with Crippen molar-refractivity contribution in [3.63, 3.8) is 0 Å². The van der Waals surface area contributed by atoms with Crippen molar-refractivity contribution in [1.29, 1.82) is 0 Å². The fourth-order valence-corrected chi connectivity index (χ4v) is 2.82. The van der Waals surface area contributed by atoms with E-state index in [4.69, 9.17) is 15.2 Å². The van der Waals surface area contributed by atoms with E-state index in [1.54, 1.807) is 0 Å². The Kier molecular flexibility index (Phi) is 3.27. The molecule has 0 spiro atoms. The molecule has 0 radical (unpaired) electrons. The molecule has 0 aliphatic carbocycles. The molecule has 2 heterocycles. The van der Waals surface area contributed by atoms with Crippen molar-refractivity contribution < 1.29 is 9.47 Å². The van der Waals surface area contributed by atoms with Crippen molar-refractivity contribution in [2.75, 3.05) is 19.8 Å². The highest BCUT2D eigenvalue weighted by Crippen LogP contribution is 2.28. The van der Waals surface area contributed by atoms with Crippen molar-refractivity contribution >= 4 is 0 Å². The molecule has 2 aliphatic heterocycles. The molecule has 1 saturated heterocycles. The molecule has 1 aromatic carbocycles. The van der Waals surface area contributed by atoms with E-state index in [1.807, 2.05) is 0 Å². The topological polar surface area (TPSA) is 44.5 Å². The number of rotatable bonds is 3. The minimum absolute atomic E-state index is 0.0201. The van der Waals surface area contributed by atoms with E-state index < -0.39 is 0 Å². The Balaban J connectivity index is 1.62. The van der Waals surface area contributed by atoms with Crippen molar-refractivity contribution in [1.82, 2.24) is 0 Å². The summed E-state index contributed by atoms with van der Waals surface area (Å²) in [5.74, 6) is 1.06. The third kappa shape index (κ3) is 2.52. The number of hydrogen-bond donors (Lipinski definition) is 1. The number of aryl methyl sites for hydroxylation is 1. The van der Waals surface area contributed by atoms with Gasteiger partial charge in [0.1, 0.15) is 5.75 Å². The van der Waals surface area contributed by atoms with E-state index >= 15 is 0 Å². The lowest BCUT2D eigenvalue weighted by molar-refractivity contribution is 0.0503. The highest BCUT2D eigenvalue weighted by Gasteiger charge is 2.27. The average molecular weight is 247 g/mol. The first-order valence-corrected chi connectivity index (χ1v) is 6.86. The van der Waals surface area contributed by atoms with E-state index in [0.29, 0.717) is 0 Å². The van der Waals surface area contributed by atoms with Crippen LogP contribution in [0.5, 0.6) is 5.75 Å². The van der Waals surface area contributed by atoms with Crippen LogP contribution in [0.3, 0.4) is 0 Å². The molecule has 3 heteroatoms. The maximum Gasteiger partial charge on any atom is 0.122 e. The number of hydrogen-bond acceptors (Lipinski definition) is 3. The van der Waals surface area contributed by atoms with Gasteiger partial charge in [-0.1, -0.05) is 12.1 Å². The molecular weight excluding hydrogens is 226 g/mol. The highest BCUT2D eigenvalue weighted by atomic mass is 16.5. The summed E-state index contributed by atoms with van der Waals surface area (Å²) < 4.78 is 10.9. The van der Waals surface area contributed by atoms with Crippen LogP contribution in [0, 0.1) is 0 Å². The summed E-state index contributed by atoms with van der Waals surface area (Å²) in [6, 6.07) is 6.56. The maximum atomic E-state index is 6.42. The van der Waals surface area contributed by atoms with Crippen LogP contribution in [0.1, 0.15) is 30.4 Å². The van der Waals surface area contributed by atoms with Crippen molar-refractivity contribution in [3.8, 4) is 5.75 Å². The Bertz CT molecular complexity index is 425. The SMILES string of the molecule is NC1(CCc2ccc3c(c2)CCO3)CCOCC1. The van der Waals surface area contributed by atoms with Crippen LogP contribution < -0.4 is 10.5 Å². The molecule has 18 heavy (non-hydrogen) atoms. The number of fused-ring (bicyclic) bond motifs is 1. The second kappa shape index (κ2) is 4.90. The standard InChI is InChI=1S/C15H21NO2/c16-15(6-9-17-10-7-15)5-3-12-1-2-14-13(11-12)4-8-18-14/h1-2,11H,3-10,16H2. The van der Waals surface area contributed by atoms with Crippen molar-refractivity contribution in [2.24, 2.45) is 5.73 Å². The van der Waals surface area contributed by atoms with Gasteiger partial charge in [-0.3, -0.25) is 0 Å². The smallest absolute Gasteiger partial charge is 0.122 e. The number of ether oxygens (including phenoxy) is 2. The Morgan fingerprint density at radius 3 is 2.83 bits per heavy atom. The molecule has 2 aliphatic rings. The molecule has 3 nitrogen and oxygen atoms in total. The maximum absolute atomic E-state index is 6.42. The molecule has 2 N–H and O–H groups in total. The van der Waals surface area contributed by atoms with Crippen LogP contribution in [0.4, 0.5) is 0 Å². The van der Waals surface area contributed by atoms with E-state index in [-0.39, 0.29) is 5.54 Å². The highest BCUT2D eigenvalue weighted by molar-refractivity contribution is 5.39. The van der Waals surface area contributed by atoms with Gasteiger partial charge < -0.3 is 15.2 Å². The van der Waals surface area contributed by atoms with E-state index in [1.165, 1.54) is 11.1 Å². The first-order valence-electron chi connectivity index (χ1n) is 6.86.